The summed E-state index contributed by atoms with van der Waals surface area (Å²) < 4.78 is 34.2. The molecule has 0 aromatic heterocycles. The van der Waals surface area contributed by atoms with Crippen molar-refractivity contribution in [2.75, 3.05) is 20.3 Å². The maximum absolute atomic E-state index is 10.6. The van der Waals surface area contributed by atoms with Gasteiger partial charge in [-0.1, -0.05) is 0 Å². The van der Waals surface area contributed by atoms with Crippen LogP contribution in [0.15, 0.2) is 0 Å². The van der Waals surface area contributed by atoms with Gasteiger partial charge in [0.25, 0.3) is 0 Å². The second kappa shape index (κ2) is 8.88. The molecule has 1 N–H and O–H groups in total. The van der Waals surface area contributed by atoms with Gasteiger partial charge in [-0.3, -0.25) is 9.13 Å². The molecule has 0 aromatic carbocycles. The predicted molar refractivity (Wildman–Crippen MR) is 48.4 cm³/mol. The maximum Gasteiger partial charge on any atom is 0.318 e. The fourth-order valence-electron chi connectivity index (χ4n) is 0.578. The molecule has 0 saturated heterocycles. The van der Waals surface area contributed by atoms with Crippen molar-refractivity contribution in [3.63, 3.8) is 0 Å². The maximum atomic E-state index is 10.6. The Labute approximate surface area is 78.1 Å². The van der Waals surface area contributed by atoms with Crippen molar-refractivity contribution < 1.29 is 27.6 Å². The normalized spacial score (nSPS) is 15.5. The van der Waals surface area contributed by atoms with E-state index >= 15 is 0 Å². The van der Waals surface area contributed by atoms with Gasteiger partial charge in [-0.05, 0) is 12.8 Å². The lowest BCUT2D eigenvalue weighted by molar-refractivity contribution is 0.232. The summed E-state index contributed by atoms with van der Waals surface area (Å²) in [7, 11) is -3.83. The van der Waals surface area contributed by atoms with Gasteiger partial charge in [0.2, 0.25) is 0 Å². The van der Waals surface area contributed by atoms with Gasteiger partial charge in [0, 0.05) is 7.11 Å². The molecule has 6 nitrogen and oxygen atoms in total. The molecule has 2 atom stereocenters. The van der Waals surface area contributed by atoms with Gasteiger partial charge in [0.05, 0.1) is 13.2 Å². The number of unbranched alkanes of at least 4 members (excludes halogenated alkanes) is 1. The van der Waals surface area contributed by atoms with E-state index in [-0.39, 0.29) is 6.61 Å². The zero-order chi connectivity index (χ0) is 10.1. The molecule has 0 spiro atoms. The molecule has 0 heterocycles. The van der Waals surface area contributed by atoms with Crippen molar-refractivity contribution in [3.05, 3.63) is 0 Å². The van der Waals surface area contributed by atoms with Gasteiger partial charge in [0.15, 0.2) is 0 Å². The van der Waals surface area contributed by atoms with Crippen LogP contribution in [-0.2, 0) is 22.7 Å². The van der Waals surface area contributed by atoms with Crippen LogP contribution in [0.5, 0.6) is 0 Å². The van der Waals surface area contributed by atoms with E-state index in [1.165, 1.54) is 7.11 Å². The van der Waals surface area contributed by atoms with Gasteiger partial charge in [0.1, 0.15) is 0 Å². The monoisotopic (exact) mass is 232 g/mol. The van der Waals surface area contributed by atoms with Crippen molar-refractivity contribution in [3.8, 4) is 0 Å². The second-order valence-electron chi connectivity index (χ2n) is 2.12. The smallest absolute Gasteiger partial charge is 0.318 e. The van der Waals surface area contributed by atoms with Crippen LogP contribution < -0.4 is 0 Å². The Morgan fingerprint density at radius 3 is 2.15 bits per heavy atom. The van der Waals surface area contributed by atoms with Crippen LogP contribution >= 0.6 is 16.5 Å². The van der Waals surface area contributed by atoms with E-state index in [4.69, 9.17) is 9.42 Å². The highest BCUT2D eigenvalue weighted by molar-refractivity contribution is 7.33. The predicted octanol–water partition coefficient (Wildman–Crippen LogP) is 1.22. The third kappa shape index (κ3) is 10.2. The summed E-state index contributed by atoms with van der Waals surface area (Å²) in [6.45, 7) is 0.521. The van der Waals surface area contributed by atoms with Crippen molar-refractivity contribution in [1.29, 1.82) is 0 Å². The first-order chi connectivity index (χ1) is 6.16. The molecule has 2 unspecified atom stereocenters. The molecule has 0 aliphatic heterocycles. The Balaban J connectivity index is 3.08. The Morgan fingerprint density at radius 1 is 1.15 bits per heavy atom. The summed E-state index contributed by atoms with van der Waals surface area (Å²) in [5.74, 6) is 0. The number of hydrogen-bond donors (Lipinski definition) is 1. The molecule has 80 valence electrons. The zero-order valence-electron chi connectivity index (χ0n) is 7.32. The molecule has 0 aliphatic carbocycles. The summed E-state index contributed by atoms with van der Waals surface area (Å²) in [6, 6.07) is 0. The molecule has 0 aliphatic rings. The minimum atomic E-state index is -2.81. The molecule has 0 fully saturated rings. The fraction of sp³-hybridized carbons (Fsp3) is 1.00. The molecular formula is C5H14O6P2. The van der Waals surface area contributed by atoms with Gasteiger partial charge >= 0.3 is 16.5 Å². The summed E-state index contributed by atoms with van der Waals surface area (Å²) in [4.78, 5) is 8.26. The van der Waals surface area contributed by atoms with Crippen LogP contribution in [0.25, 0.3) is 0 Å². The largest absolute Gasteiger partial charge is 0.326 e. The number of hydrogen-bond acceptors (Lipinski definition) is 5. The first-order valence-corrected chi connectivity index (χ1v) is 6.22. The molecule has 0 rings (SSSR count). The van der Waals surface area contributed by atoms with Crippen LogP contribution in [0.3, 0.4) is 0 Å². The molecule has 0 saturated carbocycles. The van der Waals surface area contributed by atoms with Gasteiger partial charge in [-0.15, -0.1) is 0 Å². The summed E-state index contributed by atoms with van der Waals surface area (Å²) in [5, 5.41) is 0. The van der Waals surface area contributed by atoms with E-state index in [0.717, 1.165) is 0 Å². The first-order valence-electron chi connectivity index (χ1n) is 3.73. The van der Waals surface area contributed by atoms with Gasteiger partial charge in [-0.2, -0.15) is 0 Å². The highest BCUT2D eigenvalue weighted by Gasteiger charge is 1.96. The molecule has 8 heteroatoms. The highest BCUT2D eigenvalue weighted by atomic mass is 31.1. The SMILES string of the molecule is CO[PH](=O)OCCCCO[PH](=O)O. The first kappa shape index (κ1) is 13.3. The van der Waals surface area contributed by atoms with E-state index in [2.05, 4.69) is 9.05 Å². The van der Waals surface area contributed by atoms with Gasteiger partial charge < -0.3 is 18.5 Å². The summed E-state index contributed by atoms with van der Waals surface area (Å²) in [5.41, 5.74) is 0. The molecule has 0 aromatic rings. The van der Waals surface area contributed by atoms with Crippen molar-refractivity contribution in [1.82, 2.24) is 0 Å². The minimum Gasteiger partial charge on any atom is -0.326 e. The van der Waals surface area contributed by atoms with Crippen LogP contribution in [0.1, 0.15) is 12.8 Å². The van der Waals surface area contributed by atoms with Gasteiger partial charge in [-0.25, -0.2) is 0 Å². The summed E-state index contributed by atoms with van der Waals surface area (Å²) in [6.07, 6.45) is 1.21. The Kier molecular flexibility index (Phi) is 9.08. The Morgan fingerprint density at radius 2 is 1.69 bits per heavy atom. The zero-order valence-corrected chi connectivity index (χ0v) is 9.32. The van der Waals surface area contributed by atoms with Crippen molar-refractivity contribution in [2.45, 2.75) is 12.8 Å². The Bertz CT molecular complexity index is 172. The van der Waals surface area contributed by atoms with E-state index < -0.39 is 16.5 Å². The topological polar surface area (TPSA) is 82.1 Å². The lowest BCUT2D eigenvalue weighted by Crippen LogP contribution is -1.92. The van der Waals surface area contributed by atoms with E-state index in [0.29, 0.717) is 19.4 Å². The van der Waals surface area contributed by atoms with Crippen LogP contribution in [0, 0.1) is 0 Å². The average molecular weight is 232 g/mol. The van der Waals surface area contributed by atoms with E-state index in [1.54, 1.807) is 0 Å². The highest BCUT2D eigenvalue weighted by Crippen LogP contribution is 2.22. The standard InChI is InChI=1S/C5H14O6P2/c1-9-13(8)11-5-3-2-4-10-12(6)7/h12-13H,2-5H2,1H3,(H,6,7). The quantitative estimate of drug-likeness (QED) is 0.500. The minimum absolute atomic E-state index is 0.214. The molecular weight excluding hydrogens is 218 g/mol. The fourth-order valence-corrected chi connectivity index (χ4v) is 1.33. The molecule has 0 bridgehead atoms. The number of rotatable bonds is 8. The molecule has 13 heavy (non-hydrogen) atoms. The second-order valence-corrected chi connectivity index (χ2v) is 4.14. The molecule has 0 radical (unpaired) electrons. The van der Waals surface area contributed by atoms with Crippen LogP contribution in [-0.4, -0.2) is 25.2 Å². The lowest BCUT2D eigenvalue weighted by atomic mass is 10.3. The van der Waals surface area contributed by atoms with Crippen molar-refractivity contribution in [2.24, 2.45) is 0 Å². The lowest BCUT2D eigenvalue weighted by Gasteiger charge is -2.01. The summed E-state index contributed by atoms with van der Waals surface area (Å²) >= 11 is 0. The van der Waals surface area contributed by atoms with Crippen LogP contribution in [0.2, 0.25) is 0 Å². The average Bonchev–Trinajstić information content (AvgIpc) is 2.10. The third-order valence-corrected chi connectivity index (χ3v) is 2.38. The van der Waals surface area contributed by atoms with Crippen molar-refractivity contribution >= 4 is 16.5 Å². The van der Waals surface area contributed by atoms with E-state index in [1.807, 2.05) is 0 Å². The third-order valence-electron chi connectivity index (χ3n) is 1.15. The van der Waals surface area contributed by atoms with E-state index in [9.17, 15) is 9.13 Å². The van der Waals surface area contributed by atoms with Crippen LogP contribution in [0.4, 0.5) is 0 Å². The Hall–Kier alpha value is 0.300. The molecule has 0 amide bonds.